The average molecular weight is 434 g/mol. The van der Waals surface area contributed by atoms with E-state index >= 15 is 0 Å². The molecular weight excluding hydrogens is 414 g/mol. The molecule has 0 aliphatic heterocycles. The second-order valence-corrected chi connectivity index (χ2v) is 9.68. The second kappa shape index (κ2) is 8.18. The van der Waals surface area contributed by atoms with Crippen LogP contribution in [0.15, 0.2) is 22.8 Å². The number of fused-ring (bicyclic) bond motifs is 2. The Bertz CT molecular complexity index is 1040. The van der Waals surface area contributed by atoms with E-state index in [1.54, 1.807) is 11.3 Å². The van der Waals surface area contributed by atoms with Gasteiger partial charge in [0.05, 0.1) is 28.6 Å². The third kappa shape index (κ3) is 3.78. The van der Waals surface area contributed by atoms with Crippen molar-refractivity contribution < 1.29 is 14.3 Å². The first-order valence-corrected chi connectivity index (χ1v) is 11.6. The predicted octanol–water partition coefficient (Wildman–Crippen LogP) is 4.40. The number of nitrogens with one attached hydrogen (secondary N) is 1. The van der Waals surface area contributed by atoms with Gasteiger partial charge in [0.2, 0.25) is 5.91 Å². The van der Waals surface area contributed by atoms with Crippen LogP contribution in [0.25, 0.3) is 10.2 Å². The predicted molar refractivity (Wildman–Crippen MR) is 114 cm³/mol. The van der Waals surface area contributed by atoms with Gasteiger partial charge in [-0.15, -0.1) is 22.7 Å². The molecule has 1 aliphatic rings. The molecule has 0 saturated carbocycles. The van der Waals surface area contributed by atoms with E-state index in [0.29, 0.717) is 16.5 Å². The van der Waals surface area contributed by atoms with Crippen LogP contribution in [-0.2, 0) is 22.4 Å². The fourth-order valence-corrected chi connectivity index (χ4v) is 6.48. The molecule has 0 saturated heterocycles. The van der Waals surface area contributed by atoms with Crippen molar-refractivity contribution in [3.63, 3.8) is 0 Å². The van der Waals surface area contributed by atoms with Crippen molar-refractivity contribution in [1.29, 1.82) is 0 Å². The minimum Gasteiger partial charge on any atom is -0.465 e. The number of hydrogen-bond acceptors (Lipinski definition) is 8. The van der Waals surface area contributed by atoms with Gasteiger partial charge in [0, 0.05) is 4.88 Å². The fourth-order valence-electron chi connectivity index (χ4n) is 3.32. The Kier molecular flexibility index (Phi) is 5.65. The highest BCUT2D eigenvalue weighted by atomic mass is 32.2. The Morgan fingerprint density at radius 3 is 3.07 bits per heavy atom. The molecule has 28 heavy (non-hydrogen) atoms. The van der Waals surface area contributed by atoms with Gasteiger partial charge in [-0.1, -0.05) is 18.7 Å². The molecule has 0 fully saturated rings. The normalized spacial score (nSPS) is 16.0. The van der Waals surface area contributed by atoms with Gasteiger partial charge in [-0.3, -0.25) is 4.79 Å². The summed E-state index contributed by atoms with van der Waals surface area (Å²) in [6, 6.07) is 1.94. The van der Waals surface area contributed by atoms with Gasteiger partial charge in [0.1, 0.15) is 16.4 Å². The summed E-state index contributed by atoms with van der Waals surface area (Å²) in [7, 11) is 1.38. The standard InChI is InChI=1S/C19H19N3O3S3/c1-10-3-4-11-13(7-10)28-17(15(11)19(24)25-2)22-14(23)8-27-18-16-12(5-6-26-16)20-9-21-18/h5-6,9-10H,3-4,7-8H2,1-2H3,(H,22,23). The van der Waals surface area contributed by atoms with Crippen LogP contribution in [0.4, 0.5) is 5.00 Å². The number of amides is 1. The molecule has 0 radical (unpaired) electrons. The maximum absolute atomic E-state index is 12.6. The summed E-state index contributed by atoms with van der Waals surface area (Å²) >= 11 is 4.43. The molecule has 3 aromatic heterocycles. The molecule has 1 unspecified atom stereocenters. The monoisotopic (exact) mass is 433 g/mol. The summed E-state index contributed by atoms with van der Waals surface area (Å²) in [4.78, 5) is 34.6. The Hall–Kier alpha value is -1.97. The summed E-state index contributed by atoms with van der Waals surface area (Å²) in [5.74, 6) is 0.252. The number of anilines is 1. The SMILES string of the molecule is COC(=O)c1c(NC(=O)CSc2ncnc3ccsc23)sc2c1CCC(C)C2. The van der Waals surface area contributed by atoms with Crippen LogP contribution < -0.4 is 5.32 Å². The molecule has 1 aliphatic carbocycles. The van der Waals surface area contributed by atoms with E-state index in [-0.39, 0.29) is 17.6 Å². The highest BCUT2D eigenvalue weighted by Crippen LogP contribution is 2.40. The van der Waals surface area contributed by atoms with Crippen molar-refractivity contribution in [3.8, 4) is 0 Å². The lowest BCUT2D eigenvalue weighted by molar-refractivity contribution is -0.113. The number of carbonyl (C=O) groups excluding carboxylic acids is 2. The molecule has 0 spiro atoms. The maximum atomic E-state index is 12.6. The molecule has 4 rings (SSSR count). The highest BCUT2D eigenvalue weighted by molar-refractivity contribution is 8.00. The van der Waals surface area contributed by atoms with Crippen molar-refractivity contribution in [2.75, 3.05) is 18.2 Å². The first-order chi connectivity index (χ1) is 13.6. The summed E-state index contributed by atoms with van der Waals surface area (Å²) in [5.41, 5.74) is 2.44. The number of hydrogen-bond donors (Lipinski definition) is 1. The number of rotatable bonds is 5. The number of thioether (sulfide) groups is 1. The first-order valence-electron chi connectivity index (χ1n) is 8.90. The Morgan fingerprint density at radius 2 is 2.25 bits per heavy atom. The molecular formula is C19H19N3O3S3. The third-order valence-electron chi connectivity index (χ3n) is 4.70. The van der Waals surface area contributed by atoms with Crippen LogP contribution in [0.5, 0.6) is 0 Å². The van der Waals surface area contributed by atoms with Crippen LogP contribution in [0, 0.1) is 5.92 Å². The van der Waals surface area contributed by atoms with E-state index in [2.05, 4.69) is 22.2 Å². The lowest BCUT2D eigenvalue weighted by atomic mass is 9.88. The summed E-state index contributed by atoms with van der Waals surface area (Å²) in [6.07, 6.45) is 4.34. The minimum atomic E-state index is -0.383. The Morgan fingerprint density at radius 1 is 1.39 bits per heavy atom. The van der Waals surface area contributed by atoms with E-state index in [1.807, 2.05) is 11.4 Å². The molecule has 146 valence electrons. The van der Waals surface area contributed by atoms with Crippen molar-refractivity contribution in [1.82, 2.24) is 9.97 Å². The molecule has 1 N–H and O–H groups in total. The molecule has 1 amide bonds. The third-order valence-corrected chi connectivity index (χ3v) is 7.90. The summed E-state index contributed by atoms with van der Waals surface area (Å²) in [6.45, 7) is 2.21. The lowest BCUT2D eigenvalue weighted by Gasteiger charge is -2.18. The van der Waals surface area contributed by atoms with Gasteiger partial charge in [-0.05, 0) is 42.2 Å². The molecule has 1 atom stereocenters. The van der Waals surface area contributed by atoms with Crippen molar-refractivity contribution in [2.24, 2.45) is 5.92 Å². The van der Waals surface area contributed by atoms with Crippen LogP contribution >= 0.6 is 34.4 Å². The van der Waals surface area contributed by atoms with Gasteiger partial charge < -0.3 is 10.1 Å². The van der Waals surface area contributed by atoms with E-state index in [4.69, 9.17) is 4.74 Å². The number of aromatic nitrogens is 2. The molecule has 3 heterocycles. The van der Waals surface area contributed by atoms with Gasteiger partial charge >= 0.3 is 5.97 Å². The van der Waals surface area contributed by atoms with Gasteiger partial charge in [0.15, 0.2) is 0 Å². The zero-order chi connectivity index (χ0) is 19.7. The van der Waals surface area contributed by atoms with Gasteiger partial charge in [-0.2, -0.15) is 0 Å². The number of ether oxygens (including phenoxy) is 1. The second-order valence-electron chi connectivity index (χ2n) is 6.70. The minimum absolute atomic E-state index is 0.162. The number of nitrogens with zero attached hydrogens (tertiary/aromatic N) is 2. The van der Waals surface area contributed by atoms with E-state index in [0.717, 1.165) is 40.1 Å². The van der Waals surface area contributed by atoms with Gasteiger partial charge in [-0.25, -0.2) is 14.8 Å². The average Bonchev–Trinajstić information content (AvgIpc) is 3.29. The first kappa shape index (κ1) is 19.4. The smallest absolute Gasteiger partial charge is 0.341 e. The summed E-state index contributed by atoms with van der Waals surface area (Å²) in [5, 5.41) is 6.28. The molecule has 9 heteroatoms. The fraction of sp³-hybridized carbons (Fsp3) is 0.368. The number of thiophene rings is 2. The highest BCUT2D eigenvalue weighted by Gasteiger charge is 2.28. The Balaban J connectivity index is 1.51. The van der Waals surface area contributed by atoms with Crippen LogP contribution in [0.2, 0.25) is 0 Å². The van der Waals surface area contributed by atoms with Crippen LogP contribution in [0.3, 0.4) is 0 Å². The molecule has 3 aromatic rings. The van der Waals surface area contributed by atoms with E-state index in [9.17, 15) is 9.59 Å². The Labute approximate surface area is 174 Å². The summed E-state index contributed by atoms with van der Waals surface area (Å²) < 4.78 is 5.96. The van der Waals surface area contributed by atoms with Gasteiger partial charge in [0.25, 0.3) is 0 Å². The lowest BCUT2D eigenvalue weighted by Crippen LogP contribution is -2.17. The largest absolute Gasteiger partial charge is 0.465 e. The van der Waals surface area contributed by atoms with Crippen molar-refractivity contribution in [3.05, 3.63) is 33.8 Å². The quantitative estimate of drug-likeness (QED) is 0.365. The topological polar surface area (TPSA) is 81.2 Å². The number of methoxy groups -OCH3 is 1. The van der Waals surface area contributed by atoms with Crippen LogP contribution in [-0.4, -0.2) is 34.7 Å². The van der Waals surface area contributed by atoms with Crippen molar-refractivity contribution in [2.45, 2.75) is 31.2 Å². The molecule has 6 nitrogen and oxygen atoms in total. The molecule has 0 aromatic carbocycles. The zero-order valence-corrected chi connectivity index (χ0v) is 17.9. The van der Waals surface area contributed by atoms with Crippen molar-refractivity contribution >= 4 is 61.5 Å². The van der Waals surface area contributed by atoms with Crippen LogP contribution in [0.1, 0.15) is 34.1 Å². The van der Waals surface area contributed by atoms with E-state index in [1.165, 1.54) is 41.4 Å². The molecule has 0 bridgehead atoms. The number of carbonyl (C=O) groups is 2. The van der Waals surface area contributed by atoms with E-state index < -0.39 is 0 Å². The zero-order valence-electron chi connectivity index (χ0n) is 15.5. The number of esters is 1. The maximum Gasteiger partial charge on any atom is 0.341 e.